The van der Waals surface area contributed by atoms with Crippen LogP contribution in [0.25, 0.3) is 31.7 Å². The largest absolute Gasteiger partial charge is 0.399 e. The minimum atomic E-state index is 0.538. The van der Waals surface area contributed by atoms with Gasteiger partial charge in [-0.3, -0.25) is 0 Å². The second-order valence-corrected chi connectivity index (χ2v) is 7.47. The normalized spacial score (nSPS) is 11.2. The van der Waals surface area contributed by atoms with Gasteiger partial charge in [-0.1, -0.05) is 49.7 Å². The molecule has 0 spiro atoms. The average Bonchev–Trinajstić information content (AvgIpc) is 2.60. The highest BCUT2D eigenvalue weighted by Gasteiger charge is 2.15. The van der Waals surface area contributed by atoms with Crippen LogP contribution in [0, 0.1) is 5.41 Å². The topological polar surface area (TPSA) is 49.9 Å². The van der Waals surface area contributed by atoms with Gasteiger partial charge < -0.3 is 11.1 Å². The molecule has 124 valence electrons. The van der Waals surface area contributed by atoms with Crippen molar-refractivity contribution in [3.05, 3.63) is 71.6 Å². The van der Waals surface area contributed by atoms with Crippen molar-refractivity contribution in [1.29, 1.82) is 5.41 Å². The predicted molar refractivity (Wildman–Crippen MR) is 108 cm³/mol. The molecule has 3 N–H and O–H groups in total. The molecule has 0 saturated carbocycles. The van der Waals surface area contributed by atoms with Crippen LogP contribution in [0.3, 0.4) is 0 Å². The smallest absolute Gasteiger partial charge is 0.0554 e. The van der Waals surface area contributed by atoms with E-state index in [9.17, 15) is 0 Å². The second-order valence-electron chi connectivity index (χ2n) is 6.39. The number of nitrogens with one attached hydrogen (secondary N) is 1. The number of nitrogen functional groups attached to an aromatic ring is 1. The standard InChI is InChI=1S/C22H20N2S/c1-2-3-14-4-6-15(7-5-14)22-18-10-8-16(23)12-20(18)25-21-13-17(24)9-11-19(21)22/h4-13,23H,2-3,24H2,1H3. The summed E-state index contributed by atoms with van der Waals surface area (Å²) in [5.74, 6) is 0. The predicted octanol–water partition coefficient (Wildman–Crippen LogP) is 5.69. The molecule has 0 fully saturated rings. The second kappa shape index (κ2) is 6.34. The zero-order valence-electron chi connectivity index (χ0n) is 14.2. The number of rotatable bonds is 3. The summed E-state index contributed by atoms with van der Waals surface area (Å²) in [4.78, 5) is 1.12. The highest BCUT2D eigenvalue weighted by Crippen LogP contribution is 2.43. The Morgan fingerprint density at radius 3 is 2.52 bits per heavy atom. The molecule has 0 bridgehead atoms. The molecule has 0 unspecified atom stereocenters. The maximum atomic E-state index is 7.96. The lowest BCUT2D eigenvalue weighted by Crippen LogP contribution is -1.99. The third-order valence-corrected chi connectivity index (χ3v) is 5.64. The number of hydrogen-bond acceptors (Lipinski definition) is 3. The van der Waals surface area contributed by atoms with Crippen molar-refractivity contribution in [2.45, 2.75) is 19.8 Å². The molecule has 0 amide bonds. The Kier molecular flexibility index (Phi) is 4.02. The summed E-state index contributed by atoms with van der Waals surface area (Å²) in [7, 11) is 0. The van der Waals surface area contributed by atoms with Crippen molar-refractivity contribution in [1.82, 2.24) is 0 Å². The van der Waals surface area contributed by atoms with E-state index in [-0.39, 0.29) is 0 Å². The van der Waals surface area contributed by atoms with Gasteiger partial charge in [-0.15, -0.1) is 11.3 Å². The van der Waals surface area contributed by atoms with Crippen molar-refractivity contribution in [2.24, 2.45) is 0 Å². The van der Waals surface area contributed by atoms with Crippen LogP contribution < -0.4 is 11.1 Å². The third-order valence-electron chi connectivity index (χ3n) is 4.53. The molecule has 2 aromatic carbocycles. The first-order valence-electron chi connectivity index (χ1n) is 8.56. The molecule has 25 heavy (non-hydrogen) atoms. The van der Waals surface area contributed by atoms with Gasteiger partial charge in [0.1, 0.15) is 0 Å². The zero-order chi connectivity index (χ0) is 17.4. The molecular formula is C22H20N2S. The SMILES string of the molecule is CCCc1ccc(-c2c3ccc(=N)cc-3sc3cc(N)ccc23)cc1. The van der Waals surface area contributed by atoms with Crippen LogP contribution in [0.4, 0.5) is 5.69 Å². The Morgan fingerprint density at radius 1 is 0.960 bits per heavy atom. The molecule has 1 aliphatic heterocycles. The van der Waals surface area contributed by atoms with Crippen LogP contribution in [0.1, 0.15) is 18.9 Å². The van der Waals surface area contributed by atoms with Crippen LogP contribution in [-0.4, -0.2) is 0 Å². The van der Waals surface area contributed by atoms with E-state index in [0.29, 0.717) is 5.36 Å². The zero-order valence-corrected chi connectivity index (χ0v) is 15.0. The summed E-state index contributed by atoms with van der Waals surface area (Å²) >= 11 is 1.70. The number of benzene rings is 3. The van der Waals surface area contributed by atoms with Gasteiger partial charge in [0.05, 0.1) is 5.36 Å². The number of hydrogen-bond donors (Lipinski definition) is 2. The van der Waals surface area contributed by atoms with Gasteiger partial charge in [-0.05, 0) is 47.4 Å². The summed E-state index contributed by atoms with van der Waals surface area (Å²) < 4.78 is 1.16. The Balaban J connectivity index is 2.04. The van der Waals surface area contributed by atoms with E-state index in [2.05, 4.69) is 43.3 Å². The molecule has 1 aliphatic carbocycles. The van der Waals surface area contributed by atoms with Crippen molar-refractivity contribution in [3.8, 4) is 21.6 Å². The number of nitrogens with two attached hydrogens (primary N) is 1. The van der Waals surface area contributed by atoms with E-state index >= 15 is 0 Å². The summed E-state index contributed by atoms with van der Waals surface area (Å²) in [5, 5.41) is 9.71. The molecule has 4 rings (SSSR count). The summed E-state index contributed by atoms with van der Waals surface area (Å²) in [6.07, 6.45) is 2.27. The van der Waals surface area contributed by atoms with Gasteiger partial charge in [0, 0.05) is 26.2 Å². The lowest BCUT2D eigenvalue weighted by molar-refractivity contribution is 0.922. The van der Waals surface area contributed by atoms with Crippen molar-refractivity contribution < 1.29 is 0 Å². The van der Waals surface area contributed by atoms with E-state index in [1.807, 2.05) is 24.3 Å². The van der Waals surface area contributed by atoms with Gasteiger partial charge in [0.15, 0.2) is 0 Å². The van der Waals surface area contributed by atoms with Crippen molar-refractivity contribution in [2.75, 3.05) is 5.73 Å². The molecule has 0 saturated heterocycles. The van der Waals surface area contributed by atoms with Crippen LogP contribution in [0.5, 0.6) is 0 Å². The van der Waals surface area contributed by atoms with Gasteiger partial charge in [-0.2, -0.15) is 0 Å². The molecule has 2 aliphatic rings. The Labute approximate surface area is 151 Å². The molecule has 1 heterocycles. The monoisotopic (exact) mass is 344 g/mol. The first-order chi connectivity index (χ1) is 12.2. The molecule has 3 heteroatoms. The van der Waals surface area contributed by atoms with Gasteiger partial charge >= 0.3 is 0 Å². The highest BCUT2D eigenvalue weighted by atomic mass is 32.1. The van der Waals surface area contributed by atoms with E-state index in [1.54, 1.807) is 11.3 Å². The molecular weight excluding hydrogens is 324 g/mol. The number of anilines is 1. The first kappa shape index (κ1) is 15.9. The minimum Gasteiger partial charge on any atom is -0.399 e. The van der Waals surface area contributed by atoms with E-state index in [4.69, 9.17) is 11.1 Å². The lowest BCUT2D eigenvalue weighted by Gasteiger charge is -2.16. The number of fused-ring (bicyclic) bond motifs is 2. The van der Waals surface area contributed by atoms with E-state index < -0.39 is 0 Å². The maximum Gasteiger partial charge on any atom is 0.0554 e. The Hall–Kier alpha value is -2.65. The van der Waals surface area contributed by atoms with Crippen LogP contribution >= 0.6 is 11.3 Å². The number of aryl methyl sites for hydroxylation is 1. The molecule has 0 atom stereocenters. The third kappa shape index (κ3) is 2.92. The fraction of sp³-hybridized carbons (Fsp3) is 0.136. The summed E-state index contributed by atoms with van der Waals surface area (Å²) in [6, 6.07) is 20.9. The van der Waals surface area contributed by atoms with E-state index in [0.717, 1.165) is 28.1 Å². The highest BCUT2D eigenvalue weighted by molar-refractivity contribution is 7.21. The molecule has 0 radical (unpaired) electrons. The van der Waals surface area contributed by atoms with Crippen LogP contribution in [0.2, 0.25) is 0 Å². The van der Waals surface area contributed by atoms with Crippen LogP contribution in [0.15, 0.2) is 60.7 Å². The minimum absolute atomic E-state index is 0.538. The molecule has 0 aromatic heterocycles. The van der Waals surface area contributed by atoms with Gasteiger partial charge in [-0.25, -0.2) is 0 Å². The average molecular weight is 344 g/mol. The first-order valence-corrected chi connectivity index (χ1v) is 9.37. The maximum absolute atomic E-state index is 7.96. The van der Waals surface area contributed by atoms with Crippen molar-refractivity contribution >= 4 is 27.1 Å². The summed E-state index contributed by atoms with van der Waals surface area (Å²) in [5.41, 5.74) is 11.8. The molecule has 2 nitrogen and oxygen atoms in total. The van der Waals surface area contributed by atoms with Gasteiger partial charge in [0.25, 0.3) is 0 Å². The quantitative estimate of drug-likeness (QED) is 0.364. The van der Waals surface area contributed by atoms with Crippen LogP contribution in [-0.2, 0) is 6.42 Å². The Morgan fingerprint density at radius 2 is 1.76 bits per heavy atom. The fourth-order valence-electron chi connectivity index (χ4n) is 3.34. The van der Waals surface area contributed by atoms with E-state index in [1.165, 1.54) is 27.6 Å². The van der Waals surface area contributed by atoms with Gasteiger partial charge in [0.2, 0.25) is 0 Å². The fourth-order valence-corrected chi connectivity index (χ4v) is 4.52. The molecule has 2 aromatic rings. The Bertz CT molecular complexity index is 1080. The summed E-state index contributed by atoms with van der Waals surface area (Å²) in [6.45, 7) is 2.20. The lowest BCUT2D eigenvalue weighted by atomic mass is 9.94. The van der Waals surface area contributed by atoms with Crippen molar-refractivity contribution in [3.63, 3.8) is 0 Å².